The predicted octanol–water partition coefficient (Wildman–Crippen LogP) is 4.06. The van der Waals surface area contributed by atoms with E-state index in [1.165, 1.54) is 23.4 Å². The van der Waals surface area contributed by atoms with Gasteiger partial charge in [-0.2, -0.15) is 0 Å². The van der Waals surface area contributed by atoms with Crippen LogP contribution in [0.2, 0.25) is 0 Å². The third-order valence-corrected chi connectivity index (χ3v) is 6.21. The number of nitrogen functional groups attached to an aromatic ring is 1. The standard InChI is InChI=1S/C24H23N5O2S/c1-15(30)18-9-6-11-20(13-18)26-23(31)16(2)32-24-28-27-22(29(24)25)14-19-10-5-8-17-7-3-4-12-21(17)19/h3-13,16H,14,25H2,1-2H3,(H,26,31)/t16-/m1/s1. The average Bonchev–Trinajstić information content (AvgIpc) is 3.13. The van der Waals surface area contributed by atoms with Gasteiger partial charge in [0.15, 0.2) is 11.6 Å². The Hall–Kier alpha value is -3.65. The number of ketones is 1. The summed E-state index contributed by atoms with van der Waals surface area (Å²) in [6, 6.07) is 21.1. The number of amides is 1. The van der Waals surface area contributed by atoms with Crippen molar-refractivity contribution < 1.29 is 9.59 Å². The Morgan fingerprint density at radius 1 is 1.06 bits per heavy atom. The third-order valence-electron chi connectivity index (χ3n) is 5.15. The Morgan fingerprint density at radius 3 is 2.62 bits per heavy atom. The number of nitrogens with zero attached hydrogens (tertiary/aromatic N) is 3. The van der Waals surface area contributed by atoms with Crippen LogP contribution in [0.3, 0.4) is 0 Å². The summed E-state index contributed by atoms with van der Waals surface area (Å²) in [5, 5.41) is 13.6. The second kappa shape index (κ2) is 9.23. The number of anilines is 1. The predicted molar refractivity (Wildman–Crippen MR) is 127 cm³/mol. The Morgan fingerprint density at radius 2 is 1.81 bits per heavy atom. The number of rotatable bonds is 7. The molecule has 0 aliphatic heterocycles. The average molecular weight is 446 g/mol. The van der Waals surface area contributed by atoms with E-state index in [1.807, 2.05) is 18.2 Å². The summed E-state index contributed by atoms with van der Waals surface area (Å²) >= 11 is 1.23. The Kier molecular flexibility index (Phi) is 6.23. The monoisotopic (exact) mass is 445 g/mol. The first-order valence-electron chi connectivity index (χ1n) is 10.2. The quantitative estimate of drug-likeness (QED) is 0.253. The SMILES string of the molecule is CC(=O)c1cccc(NC(=O)[C@@H](C)Sc2nnc(Cc3cccc4ccccc34)n2N)c1. The maximum atomic E-state index is 12.6. The number of Topliss-reactive ketones (excluding diaryl/α,β-unsaturated/α-hetero) is 1. The van der Waals surface area contributed by atoms with Gasteiger partial charge < -0.3 is 11.2 Å². The van der Waals surface area contributed by atoms with Crippen molar-refractivity contribution in [3.63, 3.8) is 0 Å². The van der Waals surface area contributed by atoms with Crippen LogP contribution >= 0.6 is 11.8 Å². The normalized spacial score (nSPS) is 11.9. The molecule has 0 bridgehead atoms. The molecule has 0 unspecified atom stereocenters. The second-order valence-electron chi connectivity index (χ2n) is 7.47. The van der Waals surface area contributed by atoms with E-state index >= 15 is 0 Å². The molecule has 3 N–H and O–H groups in total. The van der Waals surface area contributed by atoms with Crippen LogP contribution in [0.5, 0.6) is 0 Å². The number of carbonyl (C=O) groups is 2. The lowest BCUT2D eigenvalue weighted by molar-refractivity contribution is -0.115. The fourth-order valence-corrected chi connectivity index (χ4v) is 4.19. The lowest BCUT2D eigenvalue weighted by Gasteiger charge is -2.12. The summed E-state index contributed by atoms with van der Waals surface area (Å²) in [5.74, 6) is 6.60. The second-order valence-corrected chi connectivity index (χ2v) is 8.78. The summed E-state index contributed by atoms with van der Waals surface area (Å²) < 4.78 is 1.44. The van der Waals surface area contributed by atoms with Gasteiger partial charge in [-0.15, -0.1) is 10.2 Å². The van der Waals surface area contributed by atoms with E-state index < -0.39 is 5.25 Å². The van der Waals surface area contributed by atoms with Gasteiger partial charge in [-0.1, -0.05) is 66.4 Å². The van der Waals surface area contributed by atoms with E-state index in [0.717, 1.165) is 16.3 Å². The summed E-state index contributed by atoms with van der Waals surface area (Å²) in [6.45, 7) is 3.26. The topological polar surface area (TPSA) is 103 Å². The molecule has 0 radical (unpaired) electrons. The molecule has 1 heterocycles. The van der Waals surface area contributed by atoms with Gasteiger partial charge in [0.2, 0.25) is 11.1 Å². The van der Waals surface area contributed by atoms with Crippen LogP contribution in [0.25, 0.3) is 10.8 Å². The van der Waals surface area contributed by atoms with E-state index in [2.05, 4.69) is 39.8 Å². The number of benzene rings is 3. The van der Waals surface area contributed by atoms with Gasteiger partial charge in [-0.05, 0) is 42.3 Å². The van der Waals surface area contributed by atoms with Crippen LogP contribution in [0.4, 0.5) is 5.69 Å². The summed E-state index contributed by atoms with van der Waals surface area (Å²) in [4.78, 5) is 24.2. The van der Waals surface area contributed by atoms with Crippen molar-refractivity contribution in [3.05, 3.63) is 83.7 Å². The molecule has 1 amide bonds. The Bertz CT molecular complexity index is 1300. The fourth-order valence-electron chi connectivity index (χ4n) is 3.40. The molecule has 0 saturated heterocycles. The summed E-state index contributed by atoms with van der Waals surface area (Å²) in [7, 11) is 0. The van der Waals surface area contributed by atoms with Crippen molar-refractivity contribution in [2.45, 2.75) is 30.7 Å². The fraction of sp³-hybridized carbons (Fsp3) is 0.167. The van der Waals surface area contributed by atoms with E-state index in [0.29, 0.717) is 28.7 Å². The zero-order chi connectivity index (χ0) is 22.7. The van der Waals surface area contributed by atoms with Crippen LogP contribution in [0, 0.1) is 0 Å². The first kappa shape index (κ1) is 21.6. The van der Waals surface area contributed by atoms with E-state index in [4.69, 9.17) is 5.84 Å². The maximum Gasteiger partial charge on any atom is 0.237 e. The Balaban J connectivity index is 1.45. The molecule has 0 aliphatic rings. The van der Waals surface area contributed by atoms with Gasteiger partial charge in [-0.25, -0.2) is 4.68 Å². The number of hydrogen-bond acceptors (Lipinski definition) is 6. The minimum Gasteiger partial charge on any atom is -0.336 e. The molecule has 0 spiro atoms. The first-order chi connectivity index (χ1) is 15.4. The number of hydrogen-bond donors (Lipinski definition) is 2. The van der Waals surface area contributed by atoms with Crippen molar-refractivity contribution in [3.8, 4) is 0 Å². The molecular formula is C24H23N5O2S. The van der Waals surface area contributed by atoms with Crippen LogP contribution in [0.1, 0.15) is 35.6 Å². The van der Waals surface area contributed by atoms with Crippen molar-refractivity contribution in [2.75, 3.05) is 11.2 Å². The van der Waals surface area contributed by atoms with E-state index in [9.17, 15) is 9.59 Å². The van der Waals surface area contributed by atoms with Crippen molar-refractivity contribution in [2.24, 2.45) is 0 Å². The van der Waals surface area contributed by atoms with Crippen molar-refractivity contribution in [1.82, 2.24) is 14.9 Å². The number of fused-ring (bicyclic) bond motifs is 1. The minimum absolute atomic E-state index is 0.0570. The minimum atomic E-state index is -0.465. The highest BCUT2D eigenvalue weighted by atomic mass is 32.2. The van der Waals surface area contributed by atoms with Crippen LogP contribution in [-0.2, 0) is 11.2 Å². The Labute approximate surface area is 190 Å². The number of thioether (sulfide) groups is 1. The van der Waals surface area contributed by atoms with Gasteiger partial charge in [0.05, 0.1) is 5.25 Å². The number of nitrogens with one attached hydrogen (secondary N) is 1. The van der Waals surface area contributed by atoms with Crippen LogP contribution < -0.4 is 11.2 Å². The van der Waals surface area contributed by atoms with Crippen molar-refractivity contribution in [1.29, 1.82) is 0 Å². The zero-order valence-corrected chi connectivity index (χ0v) is 18.6. The van der Waals surface area contributed by atoms with E-state index in [1.54, 1.807) is 31.2 Å². The summed E-state index contributed by atoms with van der Waals surface area (Å²) in [5.41, 5.74) is 2.22. The highest BCUT2D eigenvalue weighted by Crippen LogP contribution is 2.25. The molecule has 0 fully saturated rings. The van der Waals surface area contributed by atoms with Crippen LogP contribution in [0.15, 0.2) is 71.9 Å². The van der Waals surface area contributed by atoms with Gasteiger partial charge >= 0.3 is 0 Å². The molecule has 8 heteroatoms. The highest BCUT2D eigenvalue weighted by Gasteiger charge is 2.20. The molecule has 1 aromatic heterocycles. The molecule has 7 nitrogen and oxygen atoms in total. The van der Waals surface area contributed by atoms with E-state index in [-0.39, 0.29) is 11.7 Å². The smallest absolute Gasteiger partial charge is 0.237 e. The number of nitrogens with two attached hydrogens (primary N) is 1. The molecular weight excluding hydrogens is 422 g/mol. The van der Waals surface area contributed by atoms with Gasteiger partial charge in [0.25, 0.3) is 0 Å². The molecule has 4 aromatic rings. The zero-order valence-electron chi connectivity index (χ0n) is 17.8. The molecule has 1 atom stereocenters. The molecule has 0 aliphatic carbocycles. The number of aromatic nitrogens is 3. The lowest BCUT2D eigenvalue weighted by Crippen LogP contribution is -2.24. The van der Waals surface area contributed by atoms with Gasteiger partial charge in [0.1, 0.15) is 0 Å². The largest absolute Gasteiger partial charge is 0.336 e. The summed E-state index contributed by atoms with van der Waals surface area (Å²) in [6.07, 6.45) is 0.532. The van der Waals surface area contributed by atoms with Crippen LogP contribution in [-0.4, -0.2) is 31.8 Å². The first-order valence-corrected chi connectivity index (χ1v) is 11.0. The highest BCUT2D eigenvalue weighted by molar-refractivity contribution is 8.00. The lowest BCUT2D eigenvalue weighted by atomic mass is 10.0. The van der Waals surface area contributed by atoms with Gasteiger partial charge in [-0.3, -0.25) is 9.59 Å². The maximum absolute atomic E-state index is 12.6. The molecule has 0 saturated carbocycles. The number of carbonyl (C=O) groups excluding carboxylic acids is 2. The molecule has 3 aromatic carbocycles. The molecule has 32 heavy (non-hydrogen) atoms. The van der Waals surface area contributed by atoms with Crippen molar-refractivity contribution >= 4 is 39.9 Å². The van der Waals surface area contributed by atoms with Gasteiger partial charge in [0, 0.05) is 17.7 Å². The third kappa shape index (κ3) is 4.65. The molecule has 162 valence electrons. The molecule has 4 rings (SSSR count).